The molecule has 32 heavy (non-hydrogen) atoms. The van der Waals surface area contributed by atoms with Gasteiger partial charge in [-0.2, -0.15) is 0 Å². The second-order valence-corrected chi connectivity index (χ2v) is 8.24. The van der Waals surface area contributed by atoms with Gasteiger partial charge in [-0.25, -0.2) is 4.79 Å². The largest absolute Gasteiger partial charge is 0.481 e. The summed E-state index contributed by atoms with van der Waals surface area (Å²) in [4.78, 5) is 37.1. The van der Waals surface area contributed by atoms with Crippen LogP contribution in [0.1, 0.15) is 30.4 Å². The number of carboxylic acids is 1. The zero-order valence-corrected chi connectivity index (χ0v) is 17.9. The highest BCUT2D eigenvalue weighted by Crippen LogP contribution is 2.44. The van der Waals surface area contributed by atoms with Crippen molar-refractivity contribution in [3.05, 3.63) is 71.8 Å². The van der Waals surface area contributed by atoms with Crippen LogP contribution in [0.3, 0.4) is 0 Å². The fourth-order valence-electron chi connectivity index (χ4n) is 4.41. The third kappa shape index (κ3) is 3.98. The third-order valence-corrected chi connectivity index (χ3v) is 6.40. The number of nitrogens with one attached hydrogen (secondary N) is 1. The van der Waals surface area contributed by atoms with E-state index in [4.69, 9.17) is 4.74 Å². The second-order valence-electron chi connectivity index (χ2n) is 8.24. The lowest BCUT2D eigenvalue weighted by Crippen LogP contribution is -2.61. The van der Waals surface area contributed by atoms with Crippen molar-refractivity contribution in [3.8, 4) is 11.1 Å². The molecule has 1 saturated heterocycles. The highest BCUT2D eigenvalue weighted by molar-refractivity contribution is 5.90. The van der Waals surface area contributed by atoms with Gasteiger partial charge in [0.1, 0.15) is 12.0 Å². The SMILES string of the molecule is CCC1(C(=O)O)CN(C(=O)/C=C/CNC(=O)OCC2c3ccccc3-c3ccccc32)C1. The van der Waals surface area contributed by atoms with Crippen molar-refractivity contribution in [2.75, 3.05) is 26.2 Å². The molecular formula is C25H26N2O5. The number of rotatable bonds is 7. The fourth-order valence-corrected chi connectivity index (χ4v) is 4.41. The Morgan fingerprint density at radius 2 is 1.69 bits per heavy atom. The van der Waals surface area contributed by atoms with Gasteiger partial charge in [-0.15, -0.1) is 0 Å². The Balaban J connectivity index is 1.24. The first-order chi connectivity index (χ1) is 15.4. The number of carbonyl (C=O) groups is 3. The molecule has 1 aliphatic carbocycles. The normalized spacial score (nSPS) is 16.2. The second kappa shape index (κ2) is 8.86. The van der Waals surface area contributed by atoms with Crippen LogP contribution in [0.15, 0.2) is 60.7 Å². The van der Waals surface area contributed by atoms with Crippen LogP contribution in [0.5, 0.6) is 0 Å². The number of alkyl carbamates (subject to hydrolysis) is 1. The summed E-state index contributed by atoms with van der Waals surface area (Å²) in [6.07, 6.45) is 2.82. The summed E-state index contributed by atoms with van der Waals surface area (Å²) in [6.45, 7) is 2.60. The van der Waals surface area contributed by atoms with Gasteiger partial charge in [-0.05, 0) is 28.7 Å². The Hall–Kier alpha value is -3.61. The van der Waals surface area contributed by atoms with E-state index in [1.165, 1.54) is 28.2 Å². The number of carbonyl (C=O) groups excluding carboxylic acids is 2. The lowest BCUT2D eigenvalue weighted by atomic mass is 9.77. The Kier molecular flexibility index (Phi) is 5.99. The van der Waals surface area contributed by atoms with E-state index in [2.05, 4.69) is 29.6 Å². The zero-order chi connectivity index (χ0) is 22.7. The molecule has 0 radical (unpaired) electrons. The quantitative estimate of drug-likeness (QED) is 0.651. The molecule has 2 aromatic carbocycles. The maximum Gasteiger partial charge on any atom is 0.407 e. The van der Waals surface area contributed by atoms with E-state index in [0.717, 1.165) is 11.1 Å². The summed E-state index contributed by atoms with van der Waals surface area (Å²) in [7, 11) is 0. The number of carboxylic acid groups (broad SMARTS) is 1. The minimum Gasteiger partial charge on any atom is -0.481 e. The average Bonchev–Trinajstić information content (AvgIpc) is 3.08. The maximum atomic E-state index is 12.1. The fraction of sp³-hybridized carbons (Fsp3) is 0.320. The molecule has 2 amide bonds. The molecular weight excluding hydrogens is 408 g/mol. The number of hydrogen-bond donors (Lipinski definition) is 2. The van der Waals surface area contributed by atoms with Gasteiger partial charge in [0.15, 0.2) is 0 Å². The first-order valence-corrected chi connectivity index (χ1v) is 10.7. The number of aliphatic carboxylic acids is 1. The molecule has 0 spiro atoms. The van der Waals surface area contributed by atoms with Gasteiger partial charge in [-0.3, -0.25) is 9.59 Å². The minimum atomic E-state index is -0.870. The summed E-state index contributed by atoms with van der Waals surface area (Å²) < 4.78 is 5.45. The molecule has 1 heterocycles. The molecule has 0 saturated carbocycles. The zero-order valence-electron chi connectivity index (χ0n) is 17.9. The number of nitrogens with zero attached hydrogens (tertiary/aromatic N) is 1. The van der Waals surface area contributed by atoms with Gasteiger partial charge < -0.3 is 20.1 Å². The van der Waals surface area contributed by atoms with Crippen LogP contribution in [-0.4, -0.2) is 54.2 Å². The van der Waals surface area contributed by atoms with Gasteiger partial charge in [0.05, 0.1) is 0 Å². The van der Waals surface area contributed by atoms with Gasteiger partial charge in [0.2, 0.25) is 5.91 Å². The Bertz CT molecular complexity index is 1030. The van der Waals surface area contributed by atoms with Crippen molar-refractivity contribution < 1.29 is 24.2 Å². The highest BCUT2D eigenvalue weighted by atomic mass is 16.5. The van der Waals surface area contributed by atoms with E-state index >= 15 is 0 Å². The van der Waals surface area contributed by atoms with Crippen LogP contribution >= 0.6 is 0 Å². The van der Waals surface area contributed by atoms with Crippen molar-refractivity contribution in [1.29, 1.82) is 0 Å². The molecule has 7 heteroatoms. The molecule has 0 bridgehead atoms. The molecule has 1 aliphatic heterocycles. The highest BCUT2D eigenvalue weighted by Gasteiger charge is 2.49. The molecule has 2 aliphatic rings. The molecule has 0 atom stereocenters. The molecule has 2 N–H and O–H groups in total. The van der Waals surface area contributed by atoms with E-state index in [1.54, 1.807) is 0 Å². The third-order valence-electron chi connectivity index (χ3n) is 6.40. The first-order valence-electron chi connectivity index (χ1n) is 10.7. The van der Waals surface area contributed by atoms with Crippen LogP contribution < -0.4 is 5.32 Å². The first kappa shape index (κ1) is 21.6. The van der Waals surface area contributed by atoms with Crippen LogP contribution in [0.25, 0.3) is 11.1 Å². The van der Waals surface area contributed by atoms with Gasteiger partial charge in [0.25, 0.3) is 0 Å². The predicted octanol–water partition coefficient (Wildman–Crippen LogP) is 3.40. The number of fused-ring (bicyclic) bond motifs is 3. The Morgan fingerprint density at radius 3 is 2.25 bits per heavy atom. The Morgan fingerprint density at radius 1 is 1.09 bits per heavy atom. The van der Waals surface area contributed by atoms with Crippen molar-refractivity contribution in [1.82, 2.24) is 10.2 Å². The Labute approximate surface area is 186 Å². The summed E-state index contributed by atoms with van der Waals surface area (Å²) in [5.74, 6) is -1.14. The summed E-state index contributed by atoms with van der Waals surface area (Å²) in [5, 5.41) is 11.9. The molecule has 1 fully saturated rings. The molecule has 4 rings (SSSR count). The monoisotopic (exact) mass is 434 g/mol. The van der Waals surface area contributed by atoms with Gasteiger partial charge in [-0.1, -0.05) is 61.5 Å². The van der Waals surface area contributed by atoms with Crippen molar-refractivity contribution in [2.24, 2.45) is 5.41 Å². The van der Waals surface area contributed by atoms with Crippen LogP contribution in [0.4, 0.5) is 4.79 Å². The van der Waals surface area contributed by atoms with Crippen LogP contribution in [-0.2, 0) is 14.3 Å². The number of hydrogen-bond acceptors (Lipinski definition) is 4. The van der Waals surface area contributed by atoms with E-state index in [0.29, 0.717) is 6.42 Å². The standard InChI is InChI=1S/C25H26N2O5/c1-2-25(23(29)30)15-27(16-25)22(28)12-7-13-26-24(31)32-14-21-19-10-5-3-8-17(19)18-9-4-6-11-20(18)21/h3-12,21H,2,13-16H2,1H3,(H,26,31)(H,29,30)/b12-7+. The van der Waals surface area contributed by atoms with Crippen LogP contribution in [0, 0.1) is 5.41 Å². The minimum absolute atomic E-state index is 0.00949. The van der Waals surface area contributed by atoms with E-state index in [-0.39, 0.29) is 38.1 Å². The smallest absolute Gasteiger partial charge is 0.407 e. The summed E-state index contributed by atoms with van der Waals surface area (Å²) in [5.41, 5.74) is 3.79. The van der Waals surface area contributed by atoms with E-state index in [1.807, 2.05) is 31.2 Å². The summed E-state index contributed by atoms with van der Waals surface area (Å²) >= 11 is 0. The van der Waals surface area contributed by atoms with Crippen LogP contribution in [0.2, 0.25) is 0 Å². The number of benzene rings is 2. The molecule has 2 aromatic rings. The van der Waals surface area contributed by atoms with E-state index in [9.17, 15) is 19.5 Å². The van der Waals surface area contributed by atoms with Crippen molar-refractivity contribution in [2.45, 2.75) is 19.3 Å². The average molecular weight is 434 g/mol. The number of likely N-dealkylation sites (tertiary alicyclic amines) is 1. The van der Waals surface area contributed by atoms with Gasteiger partial charge in [0, 0.05) is 31.6 Å². The molecule has 166 valence electrons. The molecule has 0 aromatic heterocycles. The topological polar surface area (TPSA) is 95.9 Å². The number of ether oxygens (including phenoxy) is 1. The van der Waals surface area contributed by atoms with E-state index < -0.39 is 17.5 Å². The van der Waals surface area contributed by atoms with Crippen molar-refractivity contribution >= 4 is 18.0 Å². The summed E-state index contributed by atoms with van der Waals surface area (Å²) in [6, 6.07) is 16.3. The lowest BCUT2D eigenvalue weighted by Gasteiger charge is -2.46. The predicted molar refractivity (Wildman–Crippen MR) is 119 cm³/mol. The van der Waals surface area contributed by atoms with Crippen molar-refractivity contribution in [3.63, 3.8) is 0 Å². The molecule has 0 unspecified atom stereocenters. The molecule has 7 nitrogen and oxygen atoms in total. The maximum absolute atomic E-state index is 12.1. The number of amides is 2. The van der Waals surface area contributed by atoms with Gasteiger partial charge >= 0.3 is 12.1 Å². The lowest BCUT2D eigenvalue weighted by molar-refractivity contribution is -0.164.